The van der Waals surface area contributed by atoms with Gasteiger partial charge in [0.25, 0.3) is 0 Å². The Bertz CT molecular complexity index is 531. The lowest BCUT2D eigenvalue weighted by molar-refractivity contribution is 0.686. The summed E-state index contributed by atoms with van der Waals surface area (Å²) in [6.07, 6.45) is 0. The molecule has 1 atom stereocenters. The predicted octanol–water partition coefficient (Wildman–Crippen LogP) is 4.37. The Morgan fingerprint density at radius 1 is 1.00 bits per heavy atom. The van der Waals surface area contributed by atoms with E-state index in [1.807, 2.05) is 7.05 Å². The van der Waals surface area contributed by atoms with Crippen LogP contribution in [0.2, 0.25) is 0 Å². The van der Waals surface area contributed by atoms with Crippen LogP contribution in [0.1, 0.15) is 28.3 Å². The second kappa shape index (κ2) is 5.68. The highest BCUT2D eigenvalue weighted by Crippen LogP contribution is 2.27. The molecule has 2 heteroatoms. The topological polar surface area (TPSA) is 12.0 Å². The van der Waals surface area contributed by atoms with Crippen LogP contribution in [0, 0.1) is 13.8 Å². The first-order valence-electron chi connectivity index (χ1n) is 6.12. The smallest absolute Gasteiger partial charge is 0.0577 e. The van der Waals surface area contributed by atoms with Gasteiger partial charge in [-0.15, -0.1) is 0 Å². The molecule has 1 nitrogen and oxygen atoms in total. The molecule has 2 aromatic rings. The lowest BCUT2D eigenvalue weighted by Crippen LogP contribution is -2.18. The summed E-state index contributed by atoms with van der Waals surface area (Å²) in [5.74, 6) is 0. The van der Waals surface area contributed by atoms with E-state index in [1.165, 1.54) is 22.3 Å². The Hall–Kier alpha value is -1.12. The minimum atomic E-state index is 0.248. The van der Waals surface area contributed by atoms with E-state index in [2.05, 4.69) is 77.6 Å². The fourth-order valence-electron chi connectivity index (χ4n) is 2.24. The minimum Gasteiger partial charge on any atom is -0.309 e. The monoisotopic (exact) mass is 303 g/mol. The van der Waals surface area contributed by atoms with E-state index in [0.717, 1.165) is 4.47 Å². The van der Waals surface area contributed by atoms with Crippen LogP contribution in [0.4, 0.5) is 0 Å². The average Bonchev–Trinajstić information content (AvgIpc) is 2.37. The van der Waals surface area contributed by atoms with Gasteiger partial charge in [-0.2, -0.15) is 0 Å². The molecule has 0 fully saturated rings. The minimum absolute atomic E-state index is 0.248. The molecule has 94 valence electrons. The van der Waals surface area contributed by atoms with Crippen molar-refractivity contribution in [3.05, 3.63) is 69.2 Å². The third-order valence-corrected chi connectivity index (χ3v) is 3.98. The zero-order chi connectivity index (χ0) is 13.1. The molecule has 0 aliphatic rings. The van der Waals surface area contributed by atoms with E-state index < -0.39 is 0 Å². The third-order valence-electron chi connectivity index (χ3n) is 3.45. The number of rotatable bonds is 3. The summed E-state index contributed by atoms with van der Waals surface area (Å²) in [4.78, 5) is 0. The zero-order valence-electron chi connectivity index (χ0n) is 11.0. The molecule has 0 bridgehead atoms. The van der Waals surface area contributed by atoms with E-state index in [-0.39, 0.29) is 6.04 Å². The molecule has 2 rings (SSSR count). The van der Waals surface area contributed by atoms with Crippen molar-refractivity contribution < 1.29 is 0 Å². The quantitative estimate of drug-likeness (QED) is 0.887. The summed E-state index contributed by atoms with van der Waals surface area (Å²) in [5, 5.41) is 3.41. The number of hydrogen-bond acceptors (Lipinski definition) is 1. The summed E-state index contributed by atoms with van der Waals surface area (Å²) in [5.41, 5.74) is 5.33. The van der Waals surface area contributed by atoms with Gasteiger partial charge in [0, 0.05) is 4.47 Å². The number of hydrogen-bond donors (Lipinski definition) is 1. The molecule has 0 spiro atoms. The number of nitrogens with one attached hydrogen (secondary N) is 1. The van der Waals surface area contributed by atoms with Crippen LogP contribution in [0.5, 0.6) is 0 Å². The van der Waals surface area contributed by atoms with Gasteiger partial charge in [0.1, 0.15) is 0 Å². The summed E-state index contributed by atoms with van der Waals surface area (Å²) in [6.45, 7) is 4.35. The van der Waals surface area contributed by atoms with Crippen LogP contribution >= 0.6 is 15.9 Å². The summed E-state index contributed by atoms with van der Waals surface area (Å²) in [6, 6.07) is 15.2. The Labute approximate surface area is 117 Å². The highest BCUT2D eigenvalue weighted by molar-refractivity contribution is 9.10. The molecule has 0 aliphatic carbocycles. The van der Waals surface area contributed by atoms with Gasteiger partial charge in [-0.1, -0.05) is 46.3 Å². The van der Waals surface area contributed by atoms with Crippen LogP contribution in [0.25, 0.3) is 0 Å². The van der Waals surface area contributed by atoms with Gasteiger partial charge in [-0.25, -0.2) is 0 Å². The lowest BCUT2D eigenvalue weighted by atomic mass is 9.93. The van der Waals surface area contributed by atoms with Crippen LogP contribution in [-0.4, -0.2) is 7.05 Å². The first kappa shape index (κ1) is 13.3. The van der Waals surface area contributed by atoms with Crippen LogP contribution in [-0.2, 0) is 0 Å². The molecular weight excluding hydrogens is 286 g/mol. The number of benzene rings is 2. The molecule has 0 radical (unpaired) electrons. The molecule has 0 aromatic heterocycles. The molecular formula is C16H18BrN. The van der Waals surface area contributed by atoms with Crippen LogP contribution < -0.4 is 5.32 Å². The Morgan fingerprint density at radius 3 is 2.28 bits per heavy atom. The van der Waals surface area contributed by atoms with Crippen LogP contribution in [0.15, 0.2) is 46.9 Å². The van der Waals surface area contributed by atoms with Gasteiger partial charge in [0.15, 0.2) is 0 Å². The maximum Gasteiger partial charge on any atom is 0.0577 e. The maximum absolute atomic E-state index is 3.48. The van der Waals surface area contributed by atoms with E-state index in [1.54, 1.807) is 0 Å². The third kappa shape index (κ3) is 2.65. The standard InChI is InChI=1S/C16H18BrN/c1-11-5-4-6-15(12(11)2)16(18-3)13-7-9-14(17)10-8-13/h4-10,16,18H,1-3H3. The van der Waals surface area contributed by atoms with Crippen molar-refractivity contribution in [3.63, 3.8) is 0 Å². The van der Waals surface area contributed by atoms with Crippen molar-refractivity contribution in [2.75, 3.05) is 7.05 Å². The highest BCUT2D eigenvalue weighted by Gasteiger charge is 2.14. The number of halogens is 1. The SMILES string of the molecule is CNC(c1ccc(Br)cc1)c1cccc(C)c1C. The summed E-state index contributed by atoms with van der Waals surface area (Å²) in [7, 11) is 2.01. The molecule has 2 aromatic carbocycles. The van der Waals surface area contributed by atoms with Gasteiger partial charge < -0.3 is 5.32 Å². The molecule has 18 heavy (non-hydrogen) atoms. The van der Waals surface area contributed by atoms with Gasteiger partial charge in [-0.3, -0.25) is 0 Å². The van der Waals surface area contributed by atoms with Crippen molar-refractivity contribution in [1.29, 1.82) is 0 Å². The summed E-state index contributed by atoms with van der Waals surface area (Å²) >= 11 is 3.48. The van der Waals surface area contributed by atoms with Crippen LogP contribution in [0.3, 0.4) is 0 Å². The highest BCUT2D eigenvalue weighted by atomic mass is 79.9. The second-order valence-electron chi connectivity index (χ2n) is 4.56. The Kier molecular flexibility index (Phi) is 4.20. The normalized spacial score (nSPS) is 12.4. The van der Waals surface area contributed by atoms with Crippen molar-refractivity contribution >= 4 is 15.9 Å². The van der Waals surface area contributed by atoms with Crippen molar-refractivity contribution in [1.82, 2.24) is 5.32 Å². The first-order chi connectivity index (χ1) is 8.63. The lowest BCUT2D eigenvalue weighted by Gasteiger charge is -2.20. The maximum atomic E-state index is 3.48. The predicted molar refractivity (Wildman–Crippen MR) is 81.0 cm³/mol. The van der Waals surface area contributed by atoms with Gasteiger partial charge in [0.05, 0.1) is 6.04 Å². The van der Waals surface area contributed by atoms with Gasteiger partial charge in [0.2, 0.25) is 0 Å². The average molecular weight is 304 g/mol. The zero-order valence-corrected chi connectivity index (χ0v) is 12.6. The van der Waals surface area contributed by atoms with Gasteiger partial charge >= 0.3 is 0 Å². The number of aryl methyl sites for hydroxylation is 1. The van der Waals surface area contributed by atoms with Crippen molar-refractivity contribution in [3.8, 4) is 0 Å². The van der Waals surface area contributed by atoms with Gasteiger partial charge in [-0.05, 0) is 55.3 Å². The molecule has 1 N–H and O–H groups in total. The Balaban J connectivity index is 2.45. The van der Waals surface area contributed by atoms with E-state index in [0.29, 0.717) is 0 Å². The van der Waals surface area contributed by atoms with Crippen molar-refractivity contribution in [2.45, 2.75) is 19.9 Å². The molecule has 0 aliphatic heterocycles. The molecule has 0 saturated carbocycles. The molecule has 0 amide bonds. The van der Waals surface area contributed by atoms with E-state index in [4.69, 9.17) is 0 Å². The van der Waals surface area contributed by atoms with E-state index >= 15 is 0 Å². The molecule has 1 unspecified atom stereocenters. The largest absolute Gasteiger partial charge is 0.309 e. The Morgan fingerprint density at radius 2 is 1.67 bits per heavy atom. The second-order valence-corrected chi connectivity index (χ2v) is 5.48. The summed E-state index contributed by atoms with van der Waals surface area (Å²) < 4.78 is 1.11. The molecule has 0 heterocycles. The fraction of sp³-hybridized carbons (Fsp3) is 0.250. The fourth-order valence-corrected chi connectivity index (χ4v) is 2.51. The van der Waals surface area contributed by atoms with Crippen molar-refractivity contribution in [2.24, 2.45) is 0 Å². The first-order valence-corrected chi connectivity index (χ1v) is 6.91. The van der Waals surface area contributed by atoms with E-state index in [9.17, 15) is 0 Å². The molecule has 0 saturated heterocycles.